The summed E-state index contributed by atoms with van der Waals surface area (Å²) >= 11 is 3.37. The Morgan fingerprint density at radius 1 is 1.22 bits per heavy atom. The third-order valence-electron chi connectivity index (χ3n) is 5.01. The molecule has 0 aliphatic rings. The minimum absolute atomic E-state index is 0.00939. The van der Waals surface area contributed by atoms with E-state index >= 15 is 0 Å². The number of urea groups is 1. The molecule has 2 N–H and O–H groups in total. The van der Waals surface area contributed by atoms with Crippen LogP contribution in [0.3, 0.4) is 0 Å². The lowest BCUT2D eigenvalue weighted by Crippen LogP contribution is -2.24. The largest absolute Gasteiger partial charge is 0.454 e. The molecule has 0 saturated heterocycles. The van der Waals surface area contributed by atoms with E-state index in [2.05, 4.69) is 51.9 Å². The number of hydrazone groups is 1. The first kappa shape index (κ1) is 25.9. The molecule has 2 amide bonds. The molecule has 0 radical (unpaired) electrons. The number of nitrogens with one attached hydrogen (secondary N) is 2. The van der Waals surface area contributed by atoms with Crippen molar-refractivity contribution in [3.05, 3.63) is 83.0 Å². The van der Waals surface area contributed by atoms with Gasteiger partial charge in [0, 0.05) is 41.6 Å². The van der Waals surface area contributed by atoms with Crippen LogP contribution in [0.5, 0.6) is 11.5 Å². The fourth-order valence-electron chi connectivity index (χ4n) is 3.22. The highest BCUT2D eigenvalue weighted by Crippen LogP contribution is 2.28. The number of anilines is 1. The normalized spacial score (nSPS) is 11.2. The van der Waals surface area contributed by atoms with Crippen LogP contribution in [0, 0.1) is 5.82 Å². The van der Waals surface area contributed by atoms with Gasteiger partial charge in [-0.05, 0) is 50.0 Å². The molecular weight excluding hydrogens is 543 g/mol. The van der Waals surface area contributed by atoms with Gasteiger partial charge < -0.3 is 19.5 Å². The first-order valence-electron chi connectivity index (χ1n) is 11.2. The quantitative estimate of drug-likeness (QED) is 0.223. The third kappa shape index (κ3) is 7.41. The number of hydrogen-bond donors (Lipinski definition) is 2. The van der Waals surface area contributed by atoms with E-state index in [1.54, 1.807) is 24.7 Å². The van der Waals surface area contributed by atoms with Crippen LogP contribution in [0.15, 0.2) is 76.7 Å². The van der Waals surface area contributed by atoms with Crippen LogP contribution in [0.2, 0.25) is 0 Å². The molecule has 2 aromatic carbocycles. The molecule has 0 spiro atoms. The van der Waals surface area contributed by atoms with Gasteiger partial charge in [0.15, 0.2) is 17.4 Å². The number of benzene rings is 2. The lowest BCUT2D eigenvalue weighted by atomic mass is 10.2. The topological polar surface area (TPSA) is 110 Å². The van der Waals surface area contributed by atoms with E-state index in [0.29, 0.717) is 23.8 Å². The van der Waals surface area contributed by atoms with Crippen molar-refractivity contribution >= 4 is 33.9 Å². The van der Waals surface area contributed by atoms with Crippen LogP contribution in [0.1, 0.15) is 5.56 Å². The monoisotopic (exact) mass is 566 g/mol. The minimum Gasteiger partial charge on any atom is -0.454 e. The summed E-state index contributed by atoms with van der Waals surface area (Å²) < 4.78 is 23.3. The molecule has 0 bridgehead atoms. The van der Waals surface area contributed by atoms with Crippen molar-refractivity contribution in [1.29, 1.82) is 0 Å². The van der Waals surface area contributed by atoms with Gasteiger partial charge in [-0.15, -0.1) is 10.2 Å². The van der Waals surface area contributed by atoms with Crippen molar-refractivity contribution in [3.63, 3.8) is 0 Å². The second-order valence-corrected chi connectivity index (χ2v) is 9.07. The van der Waals surface area contributed by atoms with E-state index in [9.17, 15) is 9.18 Å². The van der Waals surface area contributed by atoms with Crippen molar-refractivity contribution in [2.24, 2.45) is 5.10 Å². The number of rotatable bonds is 9. The number of carbonyl (C=O) groups is 1. The number of nitrogens with zero attached hydrogens (tertiary/aromatic N) is 6. The molecule has 0 saturated carbocycles. The van der Waals surface area contributed by atoms with E-state index in [1.165, 1.54) is 18.3 Å². The summed E-state index contributed by atoms with van der Waals surface area (Å²) in [5.74, 6) is 0.306. The van der Waals surface area contributed by atoms with Crippen LogP contribution in [-0.2, 0) is 6.54 Å². The maximum Gasteiger partial charge on any atom is 0.339 e. The molecule has 37 heavy (non-hydrogen) atoms. The van der Waals surface area contributed by atoms with Gasteiger partial charge in [-0.3, -0.25) is 4.98 Å². The van der Waals surface area contributed by atoms with Crippen LogP contribution >= 0.6 is 15.9 Å². The number of halogens is 2. The first-order chi connectivity index (χ1) is 17.9. The summed E-state index contributed by atoms with van der Waals surface area (Å²) in [5, 5.41) is 14.5. The second-order valence-electron chi connectivity index (χ2n) is 8.15. The summed E-state index contributed by atoms with van der Waals surface area (Å²) in [4.78, 5) is 18.5. The van der Waals surface area contributed by atoms with Crippen LogP contribution in [-0.4, -0.2) is 57.5 Å². The van der Waals surface area contributed by atoms with Gasteiger partial charge in [0.2, 0.25) is 0 Å². The number of carbonyl (C=O) groups excluding carboxylic acids is 1. The SMILES string of the molecule is CN(C)CCn1cnnc1-c1cc(Oc2ccc(NC(=O)N/N=C/c3cccc(Br)c3)cc2F)ccn1. The third-order valence-corrected chi connectivity index (χ3v) is 5.50. The van der Waals surface area contributed by atoms with E-state index in [1.807, 2.05) is 42.9 Å². The molecule has 0 aliphatic heterocycles. The Morgan fingerprint density at radius 3 is 2.86 bits per heavy atom. The maximum absolute atomic E-state index is 14.7. The first-order valence-corrected chi connectivity index (χ1v) is 12.0. The maximum atomic E-state index is 14.7. The zero-order valence-electron chi connectivity index (χ0n) is 20.1. The number of hydrogen-bond acceptors (Lipinski definition) is 7. The van der Waals surface area contributed by atoms with Crippen molar-refractivity contribution in [3.8, 4) is 23.0 Å². The molecule has 2 heterocycles. The van der Waals surface area contributed by atoms with E-state index < -0.39 is 11.8 Å². The smallest absolute Gasteiger partial charge is 0.339 e. The summed E-state index contributed by atoms with van der Waals surface area (Å²) in [6.07, 6.45) is 4.69. The van der Waals surface area contributed by atoms with Crippen molar-refractivity contribution in [2.45, 2.75) is 6.54 Å². The molecule has 2 aromatic heterocycles. The van der Waals surface area contributed by atoms with Gasteiger partial charge in [-0.25, -0.2) is 14.6 Å². The Bertz CT molecular complexity index is 1410. The highest BCUT2D eigenvalue weighted by molar-refractivity contribution is 9.10. The summed E-state index contributed by atoms with van der Waals surface area (Å²) in [6.45, 7) is 1.50. The summed E-state index contributed by atoms with van der Waals surface area (Å²) in [7, 11) is 3.97. The standard InChI is InChI=1S/C25H24BrFN8O2/c1-34(2)10-11-35-16-30-32-24(35)22-14-20(8-9-28-22)37-23-7-6-19(13-21(23)27)31-25(36)33-29-15-17-4-3-5-18(26)12-17/h3-9,12-16H,10-11H2,1-2H3,(H2,31,33,36)/b29-15+. The summed E-state index contributed by atoms with van der Waals surface area (Å²) in [5.41, 5.74) is 3.93. The molecule has 0 unspecified atom stereocenters. The molecular formula is C25H24BrFN8O2. The van der Waals surface area contributed by atoms with Crippen LogP contribution in [0.25, 0.3) is 11.5 Å². The van der Waals surface area contributed by atoms with Crippen LogP contribution in [0.4, 0.5) is 14.9 Å². The highest BCUT2D eigenvalue weighted by atomic mass is 79.9. The van der Waals surface area contributed by atoms with Crippen molar-refractivity contribution < 1.29 is 13.9 Å². The Balaban J connectivity index is 1.38. The fraction of sp³-hybridized carbons (Fsp3) is 0.160. The molecule has 10 nitrogen and oxygen atoms in total. The van der Waals surface area contributed by atoms with Crippen molar-refractivity contribution in [1.82, 2.24) is 30.1 Å². The predicted molar refractivity (Wildman–Crippen MR) is 142 cm³/mol. The zero-order valence-corrected chi connectivity index (χ0v) is 21.7. The summed E-state index contributed by atoms with van der Waals surface area (Å²) in [6, 6.07) is 14.2. The van der Waals surface area contributed by atoms with E-state index in [0.717, 1.165) is 22.6 Å². The Morgan fingerprint density at radius 2 is 2.08 bits per heavy atom. The Labute approximate surface area is 221 Å². The molecule has 0 fully saturated rings. The molecule has 0 atom stereocenters. The lowest BCUT2D eigenvalue weighted by Gasteiger charge is -2.12. The van der Waals surface area contributed by atoms with Crippen LogP contribution < -0.4 is 15.5 Å². The van der Waals surface area contributed by atoms with Gasteiger partial charge in [0.25, 0.3) is 0 Å². The van der Waals surface area contributed by atoms with Gasteiger partial charge in [0.1, 0.15) is 17.8 Å². The molecule has 4 rings (SSSR count). The molecule has 190 valence electrons. The number of pyridine rings is 1. The average molecular weight is 567 g/mol. The lowest BCUT2D eigenvalue weighted by molar-refractivity contribution is 0.252. The predicted octanol–water partition coefficient (Wildman–Crippen LogP) is 4.75. The Hall–Kier alpha value is -4.16. The fourth-order valence-corrected chi connectivity index (χ4v) is 3.64. The van der Waals surface area contributed by atoms with E-state index in [-0.39, 0.29) is 11.4 Å². The number of likely N-dealkylation sites (N-methyl/N-ethyl adjacent to an activating group) is 1. The molecule has 0 aliphatic carbocycles. The molecule has 4 aromatic rings. The van der Waals surface area contributed by atoms with Gasteiger partial charge in [-0.1, -0.05) is 28.1 Å². The second kappa shape index (κ2) is 12.2. The minimum atomic E-state index is -0.650. The molecule has 12 heteroatoms. The highest BCUT2D eigenvalue weighted by Gasteiger charge is 2.12. The Kier molecular flexibility index (Phi) is 8.54. The van der Waals surface area contributed by atoms with Gasteiger partial charge in [-0.2, -0.15) is 5.10 Å². The average Bonchev–Trinajstić information content (AvgIpc) is 3.33. The van der Waals surface area contributed by atoms with Gasteiger partial charge in [0.05, 0.1) is 6.21 Å². The number of amides is 2. The van der Waals surface area contributed by atoms with E-state index in [4.69, 9.17) is 4.74 Å². The van der Waals surface area contributed by atoms with Gasteiger partial charge >= 0.3 is 6.03 Å². The van der Waals surface area contributed by atoms with Crippen molar-refractivity contribution in [2.75, 3.05) is 26.0 Å². The number of aromatic nitrogens is 4. The zero-order chi connectivity index (χ0) is 26.2. The number of ether oxygens (including phenoxy) is 1.